The Morgan fingerprint density at radius 2 is 2.00 bits per heavy atom. The van der Waals surface area contributed by atoms with Crippen molar-refractivity contribution >= 4 is 21.8 Å². The predicted octanol–water partition coefficient (Wildman–Crippen LogP) is 3.38. The van der Waals surface area contributed by atoms with E-state index in [4.69, 9.17) is 15.2 Å². The van der Waals surface area contributed by atoms with Gasteiger partial charge in [0.05, 0.1) is 11.1 Å². The molecule has 0 heterocycles. The highest BCUT2D eigenvalue weighted by atomic mass is 79.9. The molecule has 1 amide bonds. The molecule has 0 radical (unpaired) electrons. The minimum Gasteiger partial charge on any atom is -0.490 e. The first-order valence-corrected chi connectivity index (χ1v) is 8.94. The number of halogens is 1. The van der Waals surface area contributed by atoms with Crippen molar-refractivity contribution in [2.45, 2.75) is 46.1 Å². The zero-order valence-electron chi connectivity index (χ0n) is 14.0. The maximum Gasteiger partial charge on any atom is 0.255 e. The average Bonchev–Trinajstić information content (AvgIpc) is 2.50. The summed E-state index contributed by atoms with van der Waals surface area (Å²) in [6.07, 6.45) is 4.98. The molecule has 0 atom stereocenters. The summed E-state index contributed by atoms with van der Waals surface area (Å²) in [6.45, 7) is 6.23. The van der Waals surface area contributed by atoms with Crippen LogP contribution in [0.1, 0.15) is 45.1 Å². The third-order valence-electron chi connectivity index (χ3n) is 3.26. The Morgan fingerprint density at radius 3 is 2.65 bits per heavy atom. The van der Waals surface area contributed by atoms with Gasteiger partial charge in [-0.25, -0.2) is 0 Å². The van der Waals surface area contributed by atoms with Crippen LogP contribution in [-0.4, -0.2) is 25.7 Å². The van der Waals surface area contributed by atoms with Crippen molar-refractivity contribution in [2.24, 2.45) is 5.73 Å². The lowest BCUT2D eigenvalue weighted by atomic mass is 10.2. The number of benzene rings is 1. The number of ether oxygens (including phenoxy) is 2. The van der Waals surface area contributed by atoms with Gasteiger partial charge < -0.3 is 20.5 Å². The van der Waals surface area contributed by atoms with E-state index >= 15 is 0 Å². The van der Waals surface area contributed by atoms with Gasteiger partial charge in [0.25, 0.3) is 5.91 Å². The molecule has 0 aliphatic rings. The van der Waals surface area contributed by atoms with Crippen molar-refractivity contribution in [3.63, 3.8) is 0 Å². The minimum absolute atomic E-state index is 0.173. The topological polar surface area (TPSA) is 73.6 Å². The molecule has 130 valence electrons. The molecule has 0 saturated carbocycles. The van der Waals surface area contributed by atoms with E-state index in [0.717, 1.165) is 23.1 Å². The van der Waals surface area contributed by atoms with Gasteiger partial charge in [-0.15, -0.1) is 0 Å². The summed E-state index contributed by atoms with van der Waals surface area (Å²) >= 11 is 3.48. The van der Waals surface area contributed by atoms with Crippen LogP contribution in [0, 0.1) is 0 Å². The lowest BCUT2D eigenvalue weighted by Gasteiger charge is -2.15. The van der Waals surface area contributed by atoms with Crippen molar-refractivity contribution in [3.8, 4) is 11.5 Å². The molecule has 5 nitrogen and oxygen atoms in total. The molecule has 0 spiro atoms. The quantitative estimate of drug-likeness (QED) is 0.540. The molecular weight excluding hydrogens is 360 g/mol. The van der Waals surface area contributed by atoms with Crippen LogP contribution in [0.3, 0.4) is 0 Å². The summed E-state index contributed by atoms with van der Waals surface area (Å²) in [5, 5.41) is 3.44. The van der Waals surface area contributed by atoms with Gasteiger partial charge >= 0.3 is 0 Å². The van der Waals surface area contributed by atoms with Crippen LogP contribution in [0.15, 0.2) is 16.6 Å². The third-order valence-corrected chi connectivity index (χ3v) is 3.85. The number of carbonyl (C=O) groups is 1. The number of carbonyl (C=O) groups excluding carboxylic acids is 1. The molecule has 0 fully saturated rings. The van der Waals surface area contributed by atoms with E-state index in [9.17, 15) is 4.79 Å². The number of primary amides is 1. The van der Waals surface area contributed by atoms with Gasteiger partial charge in [0.1, 0.15) is 0 Å². The van der Waals surface area contributed by atoms with Crippen molar-refractivity contribution < 1.29 is 14.3 Å². The lowest BCUT2D eigenvalue weighted by Crippen LogP contribution is -2.20. The summed E-state index contributed by atoms with van der Waals surface area (Å²) in [4.78, 5) is 10.9. The lowest BCUT2D eigenvalue weighted by molar-refractivity contribution is -0.119. The van der Waals surface area contributed by atoms with Gasteiger partial charge in [-0.05, 0) is 53.5 Å². The second kappa shape index (κ2) is 11.3. The number of unbranched alkanes of at least 4 members (excludes halogenated alkanes) is 3. The summed E-state index contributed by atoms with van der Waals surface area (Å²) in [7, 11) is 0. The largest absolute Gasteiger partial charge is 0.490 e. The summed E-state index contributed by atoms with van der Waals surface area (Å²) in [6, 6.07) is 3.90. The SMILES string of the molecule is CCCCCCNCc1cc(Br)c(OCC(N)=O)c(OCC)c1. The Bertz CT molecular complexity index is 495. The highest BCUT2D eigenvalue weighted by molar-refractivity contribution is 9.10. The van der Waals surface area contributed by atoms with Crippen LogP contribution in [0.2, 0.25) is 0 Å². The molecule has 0 unspecified atom stereocenters. The monoisotopic (exact) mass is 386 g/mol. The van der Waals surface area contributed by atoms with E-state index in [0.29, 0.717) is 18.1 Å². The first kappa shape index (κ1) is 19.8. The molecule has 0 aliphatic carbocycles. The Labute approximate surface area is 147 Å². The number of hydrogen-bond acceptors (Lipinski definition) is 4. The van der Waals surface area contributed by atoms with E-state index in [2.05, 4.69) is 28.2 Å². The second-order valence-corrected chi connectivity index (χ2v) is 6.18. The van der Waals surface area contributed by atoms with Crippen LogP contribution >= 0.6 is 15.9 Å². The zero-order chi connectivity index (χ0) is 17.1. The molecule has 0 bridgehead atoms. The van der Waals surface area contributed by atoms with Gasteiger partial charge in [0, 0.05) is 6.54 Å². The maximum absolute atomic E-state index is 10.9. The van der Waals surface area contributed by atoms with Crippen molar-refractivity contribution in [3.05, 3.63) is 22.2 Å². The first-order valence-electron chi connectivity index (χ1n) is 8.15. The molecule has 1 aromatic rings. The van der Waals surface area contributed by atoms with Gasteiger partial charge in [-0.2, -0.15) is 0 Å². The average molecular weight is 387 g/mol. The Hall–Kier alpha value is -1.27. The summed E-state index contributed by atoms with van der Waals surface area (Å²) < 4.78 is 11.8. The second-order valence-electron chi connectivity index (χ2n) is 5.33. The van der Waals surface area contributed by atoms with E-state index < -0.39 is 5.91 Å². The number of amides is 1. The minimum atomic E-state index is -0.517. The molecular formula is C17H27BrN2O3. The standard InChI is InChI=1S/C17H27BrN2O3/c1-3-5-6-7-8-20-11-13-9-14(18)17(23-12-16(19)21)15(10-13)22-4-2/h9-10,20H,3-8,11-12H2,1-2H3,(H2,19,21). The fraction of sp³-hybridized carbons (Fsp3) is 0.588. The molecule has 0 aromatic heterocycles. The molecule has 0 saturated heterocycles. The molecule has 3 N–H and O–H groups in total. The Morgan fingerprint density at radius 1 is 1.22 bits per heavy atom. The first-order chi connectivity index (χ1) is 11.1. The zero-order valence-corrected chi connectivity index (χ0v) is 15.6. The van der Waals surface area contributed by atoms with E-state index in [-0.39, 0.29) is 6.61 Å². The van der Waals surface area contributed by atoms with Crippen LogP contribution in [-0.2, 0) is 11.3 Å². The number of hydrogen-bond donors (Lipinski definition) is 2. The normalized spacial score (nSPS) is 10.6. The molecule has 6 heteroatoms. The third kappa shape index (κ3) is 7.70. The highest BCUT2D eigenvalue weighted by Gasteiger charge is 2.13. The van der Waals surface area contributed by atoms with Crippen LogP contribution in [0.25, 0.3) is 0 Å². The molecule has 1 rings (SSSR count). The summed E-state index contributed by atoms with van der Waals surface area (Å²) in [5.74, 6) is 0.612. The van der Waals surface area contributed by atoms with Gasteiger partial charge in [0.2, 0.25) is 0 Å². The smallest absolute Gasteiger partial charge is 0.255 e. The molecule has 1 aromatic carbocycles. The summed E-state index contributed by atoms with van der Waals surface area (Å²) in [5.41, 5.74) is 6.23. The number of rotatable bonds is 12. The van der Waals surface area contributed by atoms with E-state index in [1.54, 1.807) is 0 Å². The maximum atomic E-state index is 10.9. The van der Waals surface area contributed by atoms with Crippen molar-refractivity contribution in [1.29, 1.82) is 0 Å². The number of nitrogens with one attached hydrogen (secondary N) is 1. The highest BCUT2D eigenvalue weighted by Crippen LogP contribution is 2.36. The van der Waals surface area contributed by atoms with Crippen molar-refractivity contribution in [2.75, 3.05) is 19.8 Å². The van der Waals surface area contributed by atoms with Crippen LogP contribution < -0.4 is 20.5 Å². The number of nitrogens with two attached hydrogens (primary N) is 1. The van der Waals surface area contributed by atoms with E-state index in [1.165, 1.54) is 25.7 Å². The van der Waals surface area contributed by atoms with Crippen LogP contribution in [0.5, 0.6) is 11.5 Å². The Kier molecular flexibility index (Phi) is 9.71. The van der Waals surface area contributed by atoms with Crippen molar-refractivity contribution in [1.82, 2.24) is 5.32 Å². The van der Waals surface area contributed by atoms with Crippen LogP contribution in [0.4, 0.5) is 0 Å². The fourth-order valence-corrected chi connectivity index (χ4v) is 2.78. The molecule has 23 heavy (non-hydrogen) atoms. The predicted molar refractivity (Wildman–Crippen MR) is 95.8 cm³/mol. The molecule has 0 aliphatic heterocycles. The Balaban J connectivity index is 2.65. The van der Waals surface area contributed by atoms with Gasteiger partial charge in [0.15, 0.2) is 18.1 Å². The fourth-order valence-electron chi connectivity index (χ4n) is 2.18. The van der Waals surface area contributed by atoms with E-state index in [1.807, 2.05) is 19.1 Å². The van der Waals surface area contributed by atoms with Gasteiger partial charge in [-0.3, -0.25) is 4.79 Å². The van der Waals surface area contributed by atoms with Gasteiger partial charge in [-0.1, -0.05) is 26.2 Å².